The van der Waals surface area contributed by atoms with Crippen molar-refractivity contribution in [1.82, 2.24) is 0 Å². The van der Waals surface area contributed by atoms with Gasteiger partial charge in [-0.15, -0.1) is 0 Å². The molecule has 1 rings (SSSR count). The molecule has 0 saturated heterocycles. The molecule has 0 aromatic heterocycles. The quantitative estimate of drug-likeness (QED) is 0.678. The molecule has 1 aromatic carbocycles. The summed E-state index contributed by atoms with van der Waals surface area (Å²) >= 11 is 0. The van der Waals surface area contributed by atoms with E-state index in [0.717, 1.165) is 12.1 Å². The maximum Gasteiger partial charge on any atom is 0.342 e. The second-order valence-corrected chi connectivity index (χ2v) is 5.35. The molecule has 0 amide bonds. The monoisotopic (exact) mass is 283 g/mol. The highest BCUT2D eigenvalue weighted by Gasteiger charge is 2.23. The third kappa shape index (κ3) is 4.62. The number of halogens is 1. The molecule has 2 N–H and O–H groups in total. The van der Waals surface area contributed by atoms with Gasteiger partial charge in [-0.05, 0) is 45.9 Å². The molecule has 0 spiro atoms. The lowest BCUT2D eigenvalue weighted by molar-refractivity contribution is -0.135. The smallest absolute Gasteiger partial charge is 0.342 e. The zero-order chi connectivity index (χ0) is 15.5. The van der Waals surface area contributed by atoms with Crippen LogP contribution in [0.3, 0.4) is 0 Å². The van der Waals surface area contributed by atoms with Crippen LogP contribution in [0, 0.1) is 5.82 Å². The van der Waals surface area contributed by atoms with Gasteiger partial charge in [0.15, 0.2) is 0 Å². The van der Waals surface area contributed by atoms with Gasteiger partial charge in [-0.3, -0.25) is 0 Å². The van der Waals surface area contributed by atoms with Crippen molar-refractivity contribution in [3.63, 3.8) is 0 Å². The molecule has 0 bridgehead atoms. The summed E-state index contributed by atoms with van der Waals surface area (Å²) in [6, 6.07) is 2.37. The Morgan fingerprint density at radius 1 is 1.30 bits per heavy atom. The van der Waals surface area contributed by atoms with E-state index in [4.69, 9.17) is 15.2 Å². The summed E-state index contributed by atoms with van der Waals surface area (Å²) in [4.78, 5) is 23.4. The van der Waals surface area contributed by atoms with E-state index in [1.54, 1.807) is 20.8 Å². The molecule has 0 aliphatic heterocycles. The molecule has 20 heavy (non-hydrogen) atoms. The minimum atomic E-state index is -0.855. The number of hydrogen-bond donors (Lipinski definition) is 1. The minimum Gasteiger partial charge on any atom is -0.456 e. The molecular weight excluding hydrogens is 265 g/mol. The number of carbonyl (C=O) groups is 2. The highest BCUT2D eigenvalue weighted by atomic mass is 19.1. The van der Waals surface area contributed by atoms with Gasteiger partial charge in [-0.1, -0.05) is 0 Å². The average Bonchev–Trinajstić information content (AvgIpc) is 2.28. The summed E-state index contributed by atoms with van der Waals surface area (Å²) in [6.45, 7) is 6.48. The number of benzene rings is 1. The van der Waals surface area contributed by atoms with Crippen LogP contribution < -0.4 is 10.5 Å². The van der Waals surface area contributed by atoms with E-state index in [0.29, 0.717) is 0 Å². The van der Waals surface area contributed by atoms with Gasteiger partial charge >= 0.3 is 11.9 Å². The van der Waals surface area contributed by atoms with Gasteiger partial charge in [0, 0.05) is 0 Å². The Labute approximate surface area is 116 Å². The lowest BCUT2D eigenvalue weighted by atomic mass is 10.1. The van der Waals surface area contributed by atoms with E-state index in [9.17, 15) is 14.0 Å². The molecule has 0 aliphatic rings. The Bertz CT molecular complexity index is 520. The van der Waals surface area contributed by atoms with Gasteiger partial charge in [0.05, 0.1) is 0 Å². The second kappa shape index (κ2) is 6.00. The fourth-order valence-corrected chi connectivity index (χ4v) is 1.29. The molecule has 1 atom stereocenters. The summed E-state index contributed by atoms with van der Waals surface area (Å²) in [5.74, 6) is -2.21. The first-order valence-corrected chi connectivity index (χ1v) is 6.10. The first kappa shape index (κ1) is 16.1. The van der Waals surface area contributed by atoms with Crippen molar-refractivity contribution < 1.29 is 23.5 Å². The maximum absolute atomic E-state index is 13.3. The van der Waals surface area contributed by atoms with Gasteiger partial charge in [0.1, 0.15) is 28.8 Å². The number of carbonyl (C=O) groups excluding carboxylic acids is 2. The predicted octanol–water partition coefficient (Wildman–Crippen LogP) is 2.03. The van der Waals surface area contributed by atoms with E-state index < -0.39 is 29.4 Å². The van der Waals surface area contributed by atoms with E-state index in [1.165, 1.54) is 13.0 Å². The Hall–Kier alpha value is -1.95. The normalized spacial score (nSPS) is 12.7. The Morgan fingerprint density at radius 3 is 2.40 bits per heavy atom. The summed E-state index contributed by atoms with van der Waals surface area (Å²) in [5, 5.41) is 0. The van der Waals surface area contributed by atoms with Gasteiger partial charge in [-0.2, -0.15) is 0 Å². The zero-order valence-electron chi connectivity index (χ0n) is 11.9. The van der Waals surface area contributed by atoms with Crippen molar-refractivity contribution in [3.05, 3.63) is 29.6 Å². The minimum absolute atomic E-state index is 0.0806. The first-order valence-electron chi connectivity index (χ1n) is 6.10. The van der Waals surface area contributed by atoms with Gasteiger partial charge < -0.3 is 15.2 Å². The van der Waals surface area contributed by atoms with Crippen LogP contribution in [-0.4, -0.2) is 23.6 Å². The number of hydrogen-bond acceptors (Lipinski definition) is 5. The molecule has 0 aliphatic carbocycles. The maximum atomic E-state index is 13.3. The lowest BCUT2D eigenvalue weighted by Crippen LogP contribution is -2.31. The van der Waals surface area contributed by atoms with Gasteiger partial charge in [0.25, 0.3) is 0 Å². The van der Waals surface area contributed by atoms with Crippen LogP contribution in [-0.2, 0) is 9.53 Å². The van der Waals surface area contributed by atoms with Crippen molar-refractivity contribution >= 4 is 11.9 Å². The summed E-state index contributed by atoms with van der Waals surface area (Å²) < 4.78 is 23.4. The van der Waals surface area contributed by atoms with Crippen LogP contribution in [0.2, 0.25) is 0 Å². The second-order valence-electron chi connectivity index (χ2n) is 5.35. The molecule has 110 valence electrons. The summed E-state index contributed by atoms with van der Waals surface area (Å²) in [7, 11) is 0. The SMILES string of the molecule is C[C@H](N)C(=O)Oc1ccc(F)cc1C(=O)OC(C)(C)C. The topological polar surface area (TPSA) is 78.6 Å². The molecule has 0 heterocycles. The van der Waals surface area contributed by atoms with Crippen molar-refractivity contribution in [3.8, 4) is 5.75 Å². The third-order valence-electron chi connectivity index (χ3n) is 2.14. The standard InChI is InChI=1S/C14H18FNO4/c1-8(16)12(17)19-11-6-5-9(15)7-10(11)13(18)20-14(2,3)4/h5-8H,16H2,1-4H3/t8-/m0/s1. The molecule has 6 heteroatoms. The summed E-state index contributed by atoms with van der Waals surface area (Å²) in [6.07, 6.45) is 0. The zero-order valence-corrected chi connectivity index (χ0v) is 11.9. The number of rotatable bonds is 3. The van der Waals surface area contributed by atoms with Crippen molar-refractivity contribution in [1.29, 1.82) is 0 Å². The van der Waals surface area contributed by atoms with Crippen LogP contribution in [0.5, 0.6) is 5.75 Å². The predicted molar refractivity (Wildman–Crippen MR) is 70.9 cm³/mol. The van der Waals surface area contributed by atoms with E-state index >= 15 is 0 Å². The van der Waals surface area contributed by atoms with Crippen LogP contribution in [0.15, 0.2) is 18.2 Å². The van der Waals surface area contributed by atoms with Crippen molar-refractivity contribution in [2.24, 2.45) is 5.73 Å². The number of ether oxygens (including phenoxy) is 2. The molecule has 5 nitrogen and oxygen atoms in total. The Kier molecular flexibility index (Phi) is 4.83. The molecular formula is C14H18FNO4. The van der Waals surface area contributed by atoms with Crippen molar-refractivity contribution in [2.45, 2.75) is 39.3 Å². The lowest BCUT2D eigenvalue weighted by Gasteiger charge is -2.20. The van der Waals surface area contributed by atoms with E-state index in [1.807, 2.05) is 0 Å². The molecule has 0 unspecified atom stereocenters. The largest absolute Gasteiger partial charge is 0.456 e. The van der Waals surface area contributed by atoms with Crippen LogP contribution in [0.4, 0.5) is 4.39 Å². The number of nitrogens with two attached hydrogens (primary N) is 1. The van der Waals surface area contributed by atoms with Crippen LogP contribution in [0.1, 0.15) is 38.1 Å². The number of esters is 2. The van der Waals surface area contributed by atoms with Crippen molar-refractivity contribution in [2.75, 3.05) is 0 Å². The fourth-order valence-electron chi connectivity index (χ4n) is 1.29. The molecule has 0 saturated carbocycles. The summed E-state index contributed by atoms with van der Waals surface area (Å²) in [5.41, 5.74) is 4.47. The fraction of sp³-hybridized carbons (Fsp3) is 0.429. The van der Waals surface area contributed by atoms with Crippen LogP contribution >= 0.6 is 0 Å². The Morgan fingerprint density at radius 2 is 1.90 bits per heavy atom. The average molecular weight is 283 g/mol. The third-order valence-corrected chi connectivity index (χ3v) is 2.14. The first-order chi connectivity index (χ1) is 9.10. The highest BCUT2D eigenvalue weighted by Crippen LogP contribution is 2.23. The van der Waals surface area contributed by atoms with E-state index in [-0.39, 0.29) is 11.3 Å². The van der Waals surface area contributed by atoms with Gasteiger partial charge in [-0.25, -0.2) is 14.0 Å². The van der Waals surface area contributed by atoms with Gasteiger partial charge in [0.2, 0.25) is 0 Å². The van der Waals surface area contributed by atoms with Crippen LogP contribution in [0.25, 0.3) is 0 Å². The van der Waals surface area contributed by atoms with E-state index in [2.05, 4.69) is 0 Å². The molecule has 0 fully saturated rings. The molecule has 1 aromatic rings. The molecule has 0 radical (unpaired) electrons. The Balaban J connectivity index is 3.08. The highest BCUT2D eigenvalue weighted by molar-refractivity contribution is 5.94.